The van der Waals surface area contributed by atoms with Gasteiger partial charge < -0.3 is 5.32 Å². The van der Waals surface area contributed by atoms with Gasteiger partial charge in [0.05, 0.1) is 0 Å². The molecule has 1 N–H and O–H groups in total. The molecular weight excluding hydrogens is 425 g/mol. The summed E-state index contributed by atoms with van der Waals surface area (Å²) in [7, 11) is 0. The summed E-state index contributed by atoms with van der Waals surface area (Å²) >= 11 is 12.2. The van der Waals surface area contributed by atoms with Crippen LogP contribution in [0.4, 0.5) is 0 Å². The zero-order chi connectivity index (χ0) is 22.4. The lowest BCUT2D eigenvalue weighted by atomic mass is 9.86. The number of amides is 1. The Morgan fingerprint density at radius 1 is 0.774 bits per heavy atom. The van der Waals surface area contributed by atoms with Crippen LogP contribution in [0.1, 0.15) is 42.0 Å². The second-order valence-corrected chi connectivity index (χ2v) is 9.25. The fourth-order valence-electron chi connectivity index (χ4n) is 3.81. The Balaban J connectivity index is 1.72. The van der Waals surface area contributed by atoms with Crippen LogP contribution < -0.4 is 5.32 Å². The molecule has 1 amide bonds. The van der Waals surface area contributed by atoms with Crippen LogP contribution in [0.5, 0.6) is 0 Å². The standard InChI is InChI=1S/C27H29Cl2NO/c1-18-4-6-21(7-5-18)16-19(2)27(31)30-20(3)26(23-10-14-25(29)15-11-23)17-22-8-12-24(28)13-9-22/h4-15,19-20,26H,16-17H2,1-3H3,(H,30,31). The number of hydrogen-bond acceptors (Lipinski definition) is 1. The van der Waals surface area contributed by atoms with Gasteiger partial charge in [-0.3, -0.25) is 4.79 Å². The maximum Gasteiger partial charge on any atom is 0.223 e. The predicted molar refractivity (Wildman–Crippen MR) is 131 cm³/mol. The van der Waals surface area contributed by atoms with Gasteiger partial charge in [-0.15, -0.1) is 0 Å². The highest BCUT2D eigenvalue weighted by molar-refractivity contribution is 6.30. The van der Waals surface area contributed by atoms with Gasteiger partial charge in [0.1, 0.15) is 0 Å². The van der Waals surface area contributed by atoms with E-state index in [1.54, 1.807) is 0 Å². The van der Waals surface area contributed by atoms with Gasteiger partial charge in [0.2, 0.25) is 5.91 Å². The van der Waals surface area contributed by atoms with Crippen molar-refractivity contribution in [2.24, 2.45) is 5.92 Å². The monoisotopic (exact) mass is 453 g/mol. The van der Waals surface area contributed by atoms with Crippen molar-refractivity contribution < 1.29 is 4.79 Å². The highest BCUT2D eigenvalue weighted by Crippen LogP contribution is 2.27. The second kappa shape index (κ2) is 10.8. The smallest absolute Gasteiger partial charge is 0.223 e. The Morgan fingerprint density at radius 2 is 1.26 bits per heavy atom. The Morgan fingerprint density at radius 3 is 1.84 bits per heavy atom. The largest absolute Gasteiger partial charge is 0.353 e. The quantitative estimate of drug-likeness (QED) is 0.390. The normalized spacial score (nSPS) is 14.0. The minimum atomic E-state index is -0.105. The summed E-state index contributed by atoms with van der Waals surface area (Å²) in [5.74, 6) is 0.0867. The van der Waals surface area contributed by atoms with E-state index in [1.165, 1.54) is 16.7 Å². The molecule has 0 spiro atoms. The number of rotatable bonds is 8. The molecule has 0 heterocycles. The van der Waals surface area contributed by atoms with Crippen LogP contribution in [0.15, 0.2) is 72.8 Å². The number of nitrogens with one attached hydrogen (secondary N) is 1. The van der Waals surface area contributed by atoms with Crippen molar-refractivity contribution in [1.29, 1.82) is 0 Å². The molecule has 0 aliphatic rings. The summed E-state index contributed by atoms with van der Waals surface area (Å²) in [5, 5.41) is 4.68. The average Bonchev–Trinajstić information content (AvgIpc) is 2.75. The van der Waals surface area contributed by atoms with Gasteiger partial charge >= 0.3 is 0 Å². The van der Waals surface area contributed by atoms with E-state index in [0.717, 1.165) is 23.4 Å². The van der Waals surface area contributed by atoms with E-state index in [0.29, 0.717) is 5.02 Å². The third-order valence-electron chi connectivity index (χ3n) is 5.75. The lowest BCUT2D eigenvalue weighted by Gasteiger charge is -2.27. The zero-order valence-corrected chi connectivity index (χ0v) is 19.8. The van der Waals surface area contributed by atoms with Crippen LogP contribution in [0.3, 0.4) is 0 Å². The van der Waals surface area contributed by atoms with Crippen LogP contribution >= 0.6 is 23.2 Å². The predicted octanol–water partition coefficient (Wildman–Crippen LogP) is 7.01. The van der Waals surface area contributed by atoms with E-state index in [4.69, 9.17) is 23.2 Å². The van der Waals surface area contributed by atoms with Crippen molar-refractivity contribution >= 4 is 29.1 Å². The maximum atomic E-state index is 13.0. The van der Waals surface area contributed by atoms with E-state index in [-0.39, 0.29) is 23.8 Å². The highest BCUT2D eigenvalue weighted by atomic mass is 35.5. The molecule has 0 saturated heterocycles. The molecule has 162 valence electrons. The molecule has 2 nitrogen and oxygen atoms in total. The van der Waals surface area contributed by atoms with Gasteiger partial charge in [-0.2, -0.15) is 0 Å². The number of hydrogen-bond donors (Lipinski definition) is 1. The van der Waals surface area contributed by atoms with Crippen molar-refractivity contribution in [3.63, 3.8) is 0 Å². The molecule has 0 bridgehead atoms. The highest BCUT2D eigenvalue weighted by Gasteiger charge is 2.24. The molecule has 0 fully saturated rings. The fraction of sp³-hybridized carbons (Fsp3) is 0.296. The molecule has 3 rings (SSSR count). The van der Waals surface area contributed by atoms with Crippen molar-refractivity contribution in [2.45, 2.75) is 45.6 Å². The molecule has 0 radical (unpaired) electrons. The molecule has 31 heavy (non-hydrogen) atoms. The number of aryl methyl sites for hydroxylation is 1. The lowest BCUT2D eigenvalue weighted by molar-refractivity contribution is -0.125. The van der Waals surface area contributed by atoms with Gasteiger partial charge in [-0.1, -0.05) is 84.2 Å². The van der Waals surface area contributed by atoms with Crippen molar-refractivity contribution in [3.05, 3.63) is 105 Å². The summed E-state index contributed by atoms with van der Waals surface area (Å²) in [4.78, 5) is 13.0. The Labute approximate surface area is 195 Å². The minimum absolute atomic E-state index is 0.0372. The molecule has 0 aliphatic carbocycles. The zero-order valence-electron chi connectivity index (χ0n) is 18.2. The molecule has 3 aromatic rings. The number of halogens is 2. The van der Waals surface area contributed by atoms with Crippen LogP contribution in [-0.2, 0) is 17.6 Å². The molecular formula is C27H29Cl2NO. The fourth-order valence-corrected chi connectivity index (χ4v) is 4.06. The van der Waals surface area contributed by atoms with Gasteiger partial charge in [0, 0.05) is 27.9 Å². The first kappa shape index (κ1) is 23.4. The molecule has 3 aromatic carbocycles. The van der Waals surface area contributed by atoms with Crippen molar-refractivity contribution in [2.75, 3.05) is 0 Å². The second-order valence-electron chi connectivity index (χ2n) is 8.38. The van der Waals surface area contributed by atoms with E-state index in [1.807, 2.05) is 55.5 Å². The van der Waals surface area contributed by atoms with Crippen molar-refractivity contribution in [3.8, 4) is 0 Å². The van der Waals surface area contributed by atoms with Gasteiger partial charge in [-0.25, -0.2) is 0 Å². The number of benzene rings is 3. The van der Waals surface area contributed by atoms with E-state index >= 15 is 0 Å². The molecule has 0 aliphatic heterocycles. The molecule has 4 heteroatoms. The van der Waals surface area contributed by atoms with Gasteiger partial charge in [-0.05, 0) is 67.6 Å². The molecule has 0 aromatic heterocycles. The average molecular weight is 454 g/mol. The summed E-state index contributed by atoms with van der Waals surface area (Å²) in [5.41, 5.74) is 4.73. The van der Waals surface area contributed by atoms with Crippen LogP contribution in [0.2, 0.25) is 10.0 Å². The Kier molecular flexibility index (Phi) is 8.17. The number of carbonyl (C=O) groups is 1. The van der Waals surface area contributed by atoms with Crippen LogP contribution in [0, 0.1) is 12.8 Å². The van der Waals surface area contributed by atoms with Crippen molar-refractivity contribution in [1.82, 2.24) is 5.32 Å². The maximum absolute atomic E-state index is 13.0. The third-order valence-corrected chi connectivity index (χ3v) is 6.25. The van der Waals surface area contributed by atoms with E-state index in [2.05, 4.69) is 43.4 Å². The summed E-state index contributed by atoms with van der Waals surface area (Å²) in [6.45, 7) is 6.13. The molecule has 3 unspecified atom stereocenters. The third kappa shape index (κ3) is 6.85. The first-order valence-corrected chi connectivity index (χ1v) is 11.4. The molecule has 0 saturated carbocycles. The SMILES string of the molecule is Cc1ccc(CC(C)C(=O)NC(C)C(Cc2ccc(Cl)cc2)c2ccc(Cl)cc2)cc1. The Hall–Kier alpha value is -2.29. The summed E-state index contributed by atoms with van der Waals surface area (Å²) in [6, 6.07) is 24.1. The van der Waals surface area contributed by atoms with E-state index < -0.39 is 0 Å². The first-order chi connectivity index (χ1) is 14.8. The Bertz CT molecular complexity index is 981. The molecule has 3 atom stereocenters. The van der Waals surface area contributed by atoms with Crippen LogP contribution in [-0.4, -0.2) is 11.9 Å². The first-order valence-electron chi connectivity index (χ1n) is 10.7. The van der Waals surface area contributed by atoms with E-state index in [9.17, 15) is 4.79 Å². The van der Waals surface area contributed by atoms with Gasteiger partial charge in [0.25, 0.3) is 0 Å². The van der Waals surface area contributed by atoms with Gasteiger partial charge in [0.15, 0.2) is 0 Å². The summed E-state index contributed by atoms with van der Waals surface area (Å²) < 4.78 is 0. The number of carbonyl (C=O) groups excluding carboxylic acids is 1. The summed E-state index contributed by atoms with van der Waals surface area (Å²) in [6.07, 6.45) is 1.52. The lowest BCUT2D eigenvalue weighted by Crippen LogP contribution is -2.41. The van der Waals surface area contributed by atoms with Crippen LogP contribution in [0.25, 0.3) is 0 Å². The topological polar surface area (TPSA) is 29.1 Å². The minimum Gasteiger partial charge on any atom is -0.353 e.